The van der Waals surface area contributed by atoms with Gasteiger partial charge in [-0.25, -0.2) is 0 Å². The predicted octanol–water partition coefficient (Wildman–Crippen LogP) is 3.83. The number of benzene rings is 3. The molecule has 174 valence electrons. The Hall–Kier alpha value is -4.28. The summed E-state index contributed by atoms with van der Waals surface area (Å²) < 4.78 is 0. The van der Waals surface area contributed by atoms with Gasteiger partial charge in [-0.3, -0.25) is 14.6 Å². The van der Waals surface area contributed by atoms with Crippen LogP contribution in [0.3, 0.4) is 0 Å². The Labute approximate surface area is 203 Å². The van der Waals surface area contributed by atoms with Crippen molar-refractivity contribution in [2.75, 3.05) is 38.5 Å². The number of rotatable bonds is 4. The number of nitrogens with zero attached hydrogens (tertiary/aromatic N) is 4. The fourth-order valence-electron chi connectivity index (χ4n) is 4.43. The van der Waals surface area contributed by atoms with Crippen molar-refractivity contribution in [3.05, 3.63) is 83.6 Å². The van der Waals surface area contributed by atoms with E-state index in [0.717, 1.165) is 53.4 Å². The number of carbonyl (C=O) groups excluding carboxylic acids is 2. The van der Waals surface area contributed by atoms with Gasteiger partial charge in [-0.15, -0.1) is 0 Å². The minimum Gasteiger partial charge on any atom is -0.336 e. The zero-order valence-electron chi connectivity index (χ0n) is 19.5. The molecular formula is C28H25N5O2. The molecule has 1 aromatic heterocycles. The second kappa shape index (κ2) is 9.53. The third kappa shape index (κ3) is 4.84. The fraction of sp³-hybridized carbons (Fsp3) is 0.214. The number of nitrogens with one attached hydrogen (secondary N) is 1. The monoisotopic (exact) mass is 463 g/mol. The van der Waals surface area contributed by atoms with Gasteiger partial charge in [0.15, 0.2) is 0 Å². The van der Waals surface area contributed by atoms with Crippen molar-refractivity contribution < 1.29 is 9.59 Å². The van der Waals surface area contributed by atoms with Crippen LogP contribution in [0.15, 0.2) is 66.9 Å². The summed E-state index contributed by atoms with van der Waals surface area (Å²) >= 11 is 0. The number of anilines is 1. The molecule has 5 rings (SSSR count). The van der Waals surface area contributed by atoms with Crippen LogP contribution in [-0.4, -0.2) is 59.8 Å². The van der Waals surface area contributed by atoms with Gasteiger partial charge in [0.1, 0.15) is 0 Å². The van der Waals surface area contributed by atoms with Gasteiger partial charge in [0.05, 0.1) is 29.3 Å². The quantitative estimate of drug-likeness (QED) is 0.497. The maximum Gasteiger partial charge on any atom is 0.253 e. The number of aromatic nitrogens is 1. The number of piperazine rings is 1. The molecule has 0 atom stereocenters. The molecule has 1 aliphatic heterocycles. The van der Waals surface area contributed by atoms with Crippen LogP contribution in [-0.2, 0) is 11.2 Å². The molecule has 1 fully saturated rings. The second-order valence-electron chi connectivity index (χ2n) is 8.92. The van der Waals surface area contributed by atoms with Gasteiger partial charge in [-0.1, -0.05) is 24.3 Å². The highest BCUT2D eigenvalue weighted by Gasteiger charge is 2.20. The van der Waals surface area contributed by atoms with Crippen molar-refractivity contribution in [3.63, 3.8) is 0 Å². The first-order valence-electron chi connectivity index (χ1n) is 11.6. The maximum absolute atomic E-state index is 12.9. The molecule has 0 unspecified atom stereocenters. The molecule has 4 aromatic rings. The molecule has 3 aromatic carbocycles. The predicted molar refractivity (Wildman–Crippen MR) is 136 cm³/mol. The molecule has 0 bridgehead atoms. The summed E-state index contributed by atoms with van der Waals surface area (Å²) in [6, 6.07) is 20.7. The molecule has 7 nitrogen and oxygen atoms in total. The molecule has 0 aliphatic carbocycles. The number of likely N-dealkylation sites (N-methyl/N-ethyl adjacent to an activating group) is 1. The lowest BCUT2D eigenvalue weighted by Crippen LogP contribution is -2.47. The third-order valence-corrected chi connectivity index (χ3v) is 6.45. The number of hydrogen-bond acceptors (Lipinski definition) is 5. The van der Waals surface area contributed by atoms with Gasteiger partial charge in [0, 0.05) is 43.3 Å². The fourth-order valence-corrected chi connectivity index (χ4v) is 4.43. The van der Waals surface area contributed by atoms with Crippen LogP contribution < -0.4 is 5.32 Å². The summed E-state index contributed by atoms with van der Waals surface area (Å²) in [7, 11) is 2.07. The van der Waals surface area contributed by atoms with Crippen LogP contribution in [0.1, 0.15) is 21.5 Å². The van der Waals surface area contributed by atoms with E-state index in [-0.39, 0.29) is 18.2 Å². The number of hydrogen-bond donors (Lipinski definition) is 1. The summed E-state index contributed by atoms with van der Waals surface area (Å²) in [6.07, 6.45) is 1.85. The average molecular weight is 464 g/mol. The lowest BCUT2D eigenvalue weighted by molar-refractivity contribution is -0.115. The number of pyridine rings is 1. The molecule has 0 saturated carbocycles. The van der Waals surface area contributed by atoms with Crippen molar-refractivity contribution in [1.29, 1.82) is 5.26 Å². The molecule has 1 aliphatic rings. The van der Waals surface area contributed by atoms with Gasteiger partial charge in [0.2, 0.25) is 5.91 Å². The number of carbonyl (C=O) groups is 2. The second-order valence-corrected chi connectivity index (χ2v) is 8.92. The zero-order valence-corrected chi connectivity index (χ0v) is 19.5. The molecule has 7 heteroatoms. The van der Waals surface area contributed by atoms with E-state index in [2.05, 4.69) is 28.3 Å². The average Bonchev–Trinajstić information content (AvgIpc) is 2.88. The van der Waals surface area contributed by atoms with Crippen molar-refractivity contribution in [1.82, 2.24) is 14.8 Å². The van der Waals surface area contributed by atoms with E-state index in [4.69, 9.17) is 0 Å². The first-order valence-corrected chi connectivity index (χ1v) is 11.6. The lowest BCUT2D eigenvalue weighted by atomic mass is 10.0. The number of fused-ring (bicyclic) bond motifs is 2. The largest absolute Gasteiger partial charge is 0.336 e. The summed E-state index contributed by atoms with van der Waals surface area (Å²) in [4.78, 5) is 34.1. The Morgan fingerprint density at radius 2 is 1.74 bits per heavy atom. The van der Waals surface area contributed by atoms with Gasteiger partial charge in [-0.2, -0.15) is 5.26 Å². The van der Waals surface area contributed by atoms with Crippen LogP contribution in [0.2, 0.25) is 0 Å². The SMILES string of the molecule is CN1CCN(C(=O)c2ccc3cc(CC(=O)Nc4ccnc5ccc(C#N)cc45)ccc3c2)CC1. The van der Waals surface area contributed by atoms with E-state index in [9.17, 15) is 14.9 Å². The van der Waals surface area contributed by atoms with E-state index < -0.39 is 0 Å². The van der Waals surface area contributed by atoms with Gasteiger partial charge in [-0.05, 0) is 59.8 Å². The minimum atomic E-state index is -0.152. The Bertz CT molecular complexity index is 1480. The first kappa shape index (κ1) is 22.5. The van der Waals surface area contributed by atoms with E-state index >= 15 is 0 Å². The number of nitriles is 1. The summed E-state index contributed by atoms with van der Waals surface area (Å²) in [5.74, 6) is -0.0892. The topological polar surface area (TPSA) is 89.3 Å². The van der Waals surface area contributed by atoms with Crippen LogP contribution in [0, 0.1) is 11.3 Å². The zero-order chi connectivity index (χ0) is 24.4. The van der Waals surface area contributed by atoms with E-state index in [1.165, 1.54) is 0 Å². The van der Waals surface area contributed by atoms with Crippen molar-refractivity contribution in [2.24, 2.45) is 0 Å². The van der Waals surface area contributed by atoms with Crippen LogP contribution in [0.4, 0.5) is 5.69 Å². The summed E-state index contributed by atoms with van der Waals surface area (Å²) in [5, 5.41) is 14.8. The minimum absolute atomic E-state index is 0.0626. The number of amides is 2. The summed E-state index contributed by atoms with van der Waals surface area (Å²) in [6.45, 7) is 3.26. The first-order chi connectivity index (χ1) is 17.0. The molecule has 2 heterocycles. The standard InChI is InChI=1S/C28H25N5O2/c1-32-10-12-33(13-11-32)28(35)23-6-5-21-14-19(2-4-22(21)17-23)16-27(34)31-26-8-9-30-25-7-3-20(18-29)15-24(25)26/h2-9,14-15,17H,10-13,16H2,1H3,(H,30,31,34). The van der Waals surface area contributed by atoms with E-state index in [1.54, 1.807) is 30.5 Å². The normalized spacial score (nSPS) is 14.1. The van der Waals surface area contributed by atoms with Gasteiger partial charge in [0.25, 0.3) is 5.91 Å². The lowest BCUT2D eigenvalue weighted by Gasteiger charge is -2.32. The van der Waals surface area contributed by atoms with E-state index in [0.29, 0.717) is 16.8 Å². The summed E-state index contributed by atoms with van der Waals surface area (Å²) in [5.41, 5.74) is 3.43. The van der Waals surface area contributed by atoms with Gasteiger partial charge >= 0.3 is 0 Å². The van der Waals surface area contributed by atoms with Crippen molar-refractivity contribution >= 4 is 39.2 Å². The molecule has 0 spiro atoms. The Morgan fingerprint density at radius 3 is 2.54 bits per heavy atom. The third-order valence-electron chi connectivity index (χ3n) is 6.45. The smallest absolute Gasteiger partial charge is 0.253 e. The Kier molecular flexibility index (Phi) is 6.13. The molecular weight excluding hydrogens is 438 g/mol. The Morgan fingerprint density at radius 1 is 0.971 bits per heavy atom. The highest BCUT2D eigenvalue weighted by molar-refractivity contribution is 6.02. The van der Waals surface area contributed by atoms with Crippen LogP contribution in [0.5, 0.6) is 0 Å². The van der Waals surface area contributed by atoms with Crippen LogP contribution in [0.25, 0.3) is 21.7 Å². The van der Waals surface area contributed by atoms with Crippen LogP contribution >= 0.6 is 0 Å². The highest BCUT2D eigenvalue weighted by Crippen LogP contribution is 2.24. The molecule has 2 amide bonds. The highest BCUT2D eigenvalue weighted by atomic mass is 16.2. The van der Waals surface area contributed by atoms with Crippen molar-refractivity contribution in [2.45, 2.75) is 6.42 Å². The van der Waals surface area contributed by atoms with E-state index in [1.807, 2.05) is 41.3 Å². The van der Waals surface area contributed by atoms with Gasteiger partial charge < -0.3 is 15.1 Å². The molecule has 35 heavy (non-hydrogen) atoms. The maximum atomic E-state index is 12.9. The van der Waals surface area contributed by atoms with Crippen molar-refractivity contribution in [3.8, 4) is 6.07 Å². The molecule has 1 N–H and O–H groups in total. The molecule has 1 saturated heterocycles. The Balaban J connectivity index is 1.31. The molecule has 0 radical (unpaired) electrons.